The van der Waals surface area contributed by atoms with Crippen LogP contribution >= 0.6 is 0 Å². The lowest BCUT2D eigenvalue weighted by atomic mass is 9.89. The molecule has 108 valence electrons. The van der Waals surface area contributed by atoms with Crippen LogP contribution in [0, 0.1) is 5.92 Å². The first-order chi connectivity index (χ1) is 9.00. The molecular weight excluding hydrogens is 248 g/mol. The molecule has 0 heterocycles. The van der Waals surface area contributed by atoms with E-state index in [2.05, 4.69) is 6.58 Å². The number of rotatable bonds is 6. The van der Waals surface area contributed by atoms with Gasteiger partial charge in [0.1, 0.15) is 19.3 Å². The standard InChI is InChI=1S/C14H22O5/c1-10(2)13(16)18-8-12(15)9-19-14(17)11-6-4-3-5-7-11/h11-12,15H,1,3-9H2,2H3. The first kappa shape index (κ1) is 15.7. The summed E-state index contributed by atoms with van der Waals surface area (Å²) in [6.07, 6.45) is 4.01. The Hall–Kier alpha value is -1.36. The molecule has 0 saturated heterocycles. The summed E-state index contributed by atoms with van der Waals surface area (Å²) in [5, 5.41) is 9.54. The van der Waals surface area contributed by atoms with Gasteiger partial charge in [0.25, 0.3) is 0 Å². The fraction of sp³-hybridized carbons (Fsp3) is 0.714. The third kappa shape index (κ3) is 5.87. The smallest absolute Gasteiger partial charge is 0.333 e. The van der Waals surface area contributed by atoms with Gasteiger partial charge in [0, 0.05) is 5.57 Å². The van der Waals surface area contributed by atoms with Gasteiger partial charge < -0.3 is 14.6 Å². The Morgan fingerprint density at radius 2 is 1.79 bits per heavy atom. The molecule has 0 amide bonds. The van der Waals surface area contributed by atoms with Gasteiger partial charge in [0.05, 0.1) is 5.92 Å². The molecule has 19 heavy (non-hydrogen) atoms. The van der Waals surface area contributed by atoms with Crippen molar-refractivity contribution in [3.8, 4) is 0 Å². The van der Waals surface area contributed by atoms with Crippen LogP contribution in [0.4, 0.5) is 0 Å². The Bertz CT molecular complexity index is 331. The highest BCUT2D eigenvalue weighted by atomic mass is 16.6. The van der Waals surface area contributed by atoms with E-state index in [9.17, 15) is 14.7 Å². The Balaban J connectivity index is 2.18. The molecule has 0 aliphatic heterocycles. The second-order valence-corrected chi connectivity index (χ2v) is 5.00. The third-order valence-electron chi connectivity index (χ3n) is 3.11. The Kier molecular flexibility index (Phi) is 6.56. The largest absolute Gasteiger partial charge is 0.463 e. The Labute approximate surface area is 113 Å². The van der Waals surface area contributed by atoms with E-state index in [0.29, 0.717) is 0 Å². The predicted octanol–water partition coefficient (Wildman–Crippen LogP) is 1.59. The minimum Gasteiger partial charge on any atom is -0.463 e. The molecule has 0 bridgehead atoms. The van der Waals surface area contributed by atoms with Crippen LogP contribution < -0.4 is 0 Å². The predicted molar refractivity (Wildman–Crippen MR) is 69.3 cm³/mol. The summed E-state index contributed by atoms with van der Waals surface area (Å²) in [5.74, 6) is -0.860. The van der Waals surface area contributed by atoms with Gasteiger partial charge in [-0.25, -0.2) is 4.79 Å². The molecule has 0 aromatic rings. The Morgan fingerprint density at radius 1 is 1.21 bits per heavy atom. The van der Waals surface area contributed by atoms with Crippen molar-refractivity contribution in [1.82, 2.24) is 0 Å². The number of aliphatic hydroxyl groups is 1. The highest BCUT2D eigenvalue weighted by Crippen LogP contribution is 2.24. The fourth-order valence-electron chi connectivity index (χ4n) is 1.98. The van der Waals surface area contributed by atoms with Crippen LogP contribution in [0.25, 0.3) is 0 Å². The van der Waals surface area contributed by atoms with E-state index in [1.807, 2.05) is 0 Å². The second-order valence-electron chi connectivity index (χ2n) is 5.00. The number of carbonyl (C=O) groups is 2. The summed E-state index contributed by atoms with van der Waals surface area (Å²) in [6, 6.07) is 0. The van der Waals surface area contributed by atoms with Crippen LogP contribution in [0.1, 0.15) is 39.0 Å². The summed E-state index contributed by atoms with van der Waals surface area (Å²) in [5.41, 5.74) is 0.270. The minimum absolute atomic E-state index is 0.0427. The molecule has 1 saturated carbocycles. The molecule has 1 aliphatic carbocycles. The van der Waals surface area contributed by atoms with Crippen molar-refractivity contribution in [2.24, 2.45) is 5.92 Å². The second kappa shape index (κ2) is 7.94. The number of esters is 2. The van der Waals surface area contributed by atoms with E-state index < -0.39 is 12.1 Å². The van der Waals surface area contributed by atoms with E-state index in [1.54, 1.807) is 0 Å². The maximum atomic E-state index is 11.7. The zero-order valence-electron chi connectivity index (χ0n) is 11.4. The molecule has 0 aromatic carbocycles. The van der Waals surface area contributed by atoms with Gasteiger partial charge in [-0.1, -0.05) is 25.8 Å². The number of hydrogen-bond acceptors (Lipinski definition) is 5. The van der Waals surface area contributed by atoms with Gasteiger partial charge in [-0.3, -0.25) is 4.79 Å². The van der Waals surface area contributed by atoms with E-state index >= 15 is 0 Å². The first-order valence-electron chi connectivity index (χ1n) is 6.68. The maximum absolute atomic E-state index is 11.7. The van der Waals surface area contributed by atoms with Gasteiger partial charge in [-0.15, -0.1) is 0 Å². The van der Waals surface area contributed by atoms with Gasteiger partial charge in [-0.2, -0.15) is 0 Å². The fourth-order valence-corrected chi connectivity index (χ4v) is 1.98. The van der Waals surface area contributed by atoms with Crippen molar-refractivity contribution in [1.29, 1.82) is 0 Å². The number of hydrogen-bond donors (Lipinski definition) is 1. The summed E-state index contributed by atoms with van der Waals surface area (Å²) in [7, 11) is 0. The first-order valence-corrected chi connectivity index (χ1v) is 6.68. The molecular formula is C14H22O5. The van der Waals surface area contributed by atoms with Gasteiger partial charge in [-0.05, 0) is 19.8 Å². The SMILES string of the molecule is C=C(C)C(=O)OCC(O)COC(=O)C1CCCCC1. The van der Waals surface area contributed by atoms with Crippen LogP contribution in [0.5, 0.6) is 0 Å². The summed E-state index contributed by atoms with van der Waals surface area (Å²) < 4.78 is 9.80. The maximum Gasteiger partial charge on any atom is 0.333 e. The zero-order chi connectivity index (χ0) is 14.3. The molecule has 1 atom stereocenters. The van der Waals surface area contributed by atoms with Crippen LogP contribution in [0.15, 0.2) is 12.2 Å². The lowest BCUT2D eigenvalue weighted by molar-refractivity contribution is -0.155. The van der Waals surface area contributed by atoms with Crippen molar-refractivity contribution in [3.05, 3.63) is 12.2 Å². The number of aliphatic hydroxyl groups excluding tert-OH is 1. The lowest BCUT2D eigenvalue weighted by Crippen LogP contribution is -2.28. The molecule has 0 aromatic heterocycles. The molecule has 1 N–H and O–H groups in total. The molecule has 1 unspecified atom stereocenters. The van der Waals surface area contributed by atoms with Crippen molar-refractivity contribution in [2.75, 3.05) is 13.2 Å². The number of ether oxygens (including phenoxy) is 2. The zero-order valence-corrected chi connectivity index (χ0v) is 11.4. The molecule has 5 nitrogen and oxygen atoms in total. The average molecular weight is 270 g/mol. The van der Waals surface area contributed by atoms with Gasteiger partial charge in [0.15, 0.2) is 0 Å². The molecule has 1 fully saturated rings. The monoisotopic (exact) mass is 270 g/mol. The summed E-state index contributed by atoms with van der Waals surface area (Å²) >= 11 is 0. The van der Waals surface area contributed by atoms with Crippen molar-refractivity contribution in [2.45, 2.75) is 45.1 Å². The topological polar surface area (TPSA) is 72.8 Å². The lowest BCUT2D eigenvalue weighted by Gasteiger charge is -2.20. The van der Waals surface area contributed by atoms with E-state index in [0.717, 1.165) is 25.7 Å². The normalized spacial score (nSPS) is 17.6. The van der Waals surface area contributed by atoms with Crippen molar-refractivity contribution < 1.29 is 24.2 Å². The van der Waals surface area contributed by atoms with Crippen molar-refractivity contribution in [3.63, 3.8) is 0 Å². The van der Waals surface area contributed by atoms with Crippen LogP contribution in [-0.2, 0) is 19.1 Å². The van der Waals surface area contributed by atoms with Gasteiger partial charge in [0.2, 0.25) is 0 Å². The highest BCUT2D eigenvalue weighted by molar-refractivity contribution is 5.86. The molecule has 1 aliphatic rings. The molecule has 0 radical (unpaired) electrons. The summed E-state index contributed by atoms with van der Waals surface area (Å²) in [4.78, 5) is 22.8. The molecule has 1 rings (SSSR count). The molecule has 5 heteroatoms. The average Bonchev–Trinajstić information content (AvgIpc) is 2.42. The number of carbonyl (C=O) groups excluding carboxylic acids is 2. The van der Waals surface area contributed by atoms with Crippen LogP contribution in [-0.4, -0.2) is 36.4 Å². The van der Waals surface area contributed by atoms with E-state index in [4.69, 9.17) is 9.47 Å². The highest BCUT2D eigenvalue weighted by Gasteiger charge is 2.23. The third-order valence-corrected chi connectivity index (χ3v) is 3.11. The van der Waals surface area contributed by atoms with E-state index in [-0.39, 0.29) is 30.7 Å². The summed E-state index contributed by atoms with van der Waals surface area (Å²) in [6.45, 7) is 4.62. The Morgan fingerprint density at radius 3 is 2.37 bits per heavy atom. The van der Waals surface area contributed by atoms with Gasteiger partial charge >= 0.3 is 11.9 Å². The van der Waals surface area contributed by atoms with Crippen LogP contribution in [0.2, 0.25) is 0 Å². The minimum atomic E-state index is -0.990. The van der Waals surface area contributed by atoms with E-state index in [1.165, 1.54) is 13.3 Å². The van der Waals surface area contributed by atoms with Crippen molar-refractivity contribution >= 4 is 11.9 Å². The molecule has 0 spiro atoms. The quantitative estimate of drug-likeness (QED) is 0.586. The van der Waals surface area contributed by atoms with Crippen LogP contribution in [0.3, 0.4) is 0 Å².